The average Bonchev–Trinajstić information content (AvgIpc) is 3.08. The minimum absolute atomic E-state index is 0.0767. The molecule has 0 fully saturated rings. The third-order valence-electron chi connectivity index (χ3n) is 4.07. The van der Waals surface area contributed by atoms with Crippen molar-refractivity contribution in [3.05, 3.63) is 58.4 Å². The predicted octanol–water partition coefficient (Wildman–Crippen LogP) is 2.02. The number of benzene rings is 1. The molecule has 152 valence electrons. The van der Waals surface area contributed by atoms with Crippen molar-refractivity contribution in [2.45, 2.75) is 6.54 Å². The summed E-state index contributed by atoms with van der Waals surface area (Å²) >= 11 is 1.11. The SMILES string of the molecule is CN(CC(=O)N(Cc1ccccn1)c1nc2ccc([N+](=O)[O-])cc2s1)S(C)(=O)=O. The van der Waals surface area contributed by atoms with Crippen molar-refractivity contribution in [2.24, 2.45) is 0 Å². The smallest absolute Gasteiger partial charge is 0.270 e. The van der Waals surface area contributed by atoms with Crippen LogP contribution in [-0.2, 0) is 21.4 Å². The summed E-state index contributed by atoms with van der Waals surface area (Å²) in [6.45, 7) is -0.291. The molecule has 1 amide bonds. The summed E-state index contributed by atoms with van der Waals surface area (Å²) in [5.74, 6) is -0.489. The second-order valence-corrected chi connectivity index (χ2v) is 9.32. The normalized spacial score (nSPS) is 11.7. The van der Waals surface area contributed by atoms with Crippen LogP contribution in [0, 0.1) is 10.1 Å². The van der Waals surface area contributed by atoms with Crippen molar-refractivity contribution in [1.29, 1.82) is 0 Å². The quantitative estimate of drug-likeness (QED) is 0.410. The van der Waals surface area contributed by atoms with Gasteiger partial charge in [0.1, 0.15) is 0 Å². The van der Waals surface area contributed by atoms with Crippen LogP contribution in [0.15, 0.2) is 42.6 Å². The first-order valence-corrected chi connectivity index (χ1v) is 11.0. The monoisotopic (exact) mass is 435 g/mol. The molecule has 3 rings (SSSR count). The van der Waals surface area contributed by atoms with E-state index in [1.54, 1.807) is 24.4 Å². The van der Waals surface area contributed by atoms with Gasteiger partial charge in [0.2, 0.25) is 15.9 Å². The van der Waals surface area contributed by atoms with E-state index < -0.39 is 20.9 Å². The summed E-state index contributed by atoms with van der Waals surface area (Å²) in [6, 6.07) is 9.49. The number of carbonyl (C=O) groups excluding carboxylic acids is 1. The molecule has 12 heteroatoms. The number of pyridine rings is 1. The van der Waals surface area contributed by atoms with E-state index >= 15 is 0 Å². The molecule has 0 spiro atoms. The molecule has 3 aromatic rings. The molecule has 2 heterocycles. The number of carbonyl (C=O) groups is 1. The number of nitro benzene ring substituents is 1. The highest BCUT2D eigenvalue weighted by molar-refractivity contribution is 7.88. The number of hydrogen-bond acceptors (Lipinski definition) is 8. The highest BCUT2D eigenvalue weighted by Crippen LogP contribution is 2.32. The molecule has 0 bridgehead atoms. The second kappa shape index (κ2) is 8.19. The van der Waals surface area contributed by atoms with Crippen LogP contribution in [0.5, 0.6) is 0 Å². The molecule has 29 heavy (non-hydrogen) atoms. The van der Waals surface area contributed by atoms with Crippen LogP contribution in [0.2, 0.25) is 0 Å². The number of nitro groups is 1. The third-order valence-corrected chi connectivity index (χ3v) is 6.38. The van der Waals surface area contributed by atoms with Gasteiger partial charge in [0, 0.05) is 25.4 Å². The van der Waals surface area contributed by atoms with Gasteiger partial charge in [-0.15, -0.1) is 0 Å². The lowest BCUT2D eigenvalue weighted by Crippen LogP contribution is -2.40. The first-order chi connectivity index (χ1) is 13.6. The van der Waals surface area contributed by atoms with Gasteiger partial charge in [0.15, 0.2) is 5.13 Å². The van der Waals surface area contributed by atoms with Gasteiger partial charge in [-0.25, -0.2) is 13.4 Å². The molecule has 1 aromatic carbocycles. The maximum atomic E-state index is 12.9. The minimum atomic E-state index is -3.55. The molecule has 0 unspecified atom stereocenters. The largest absolute Gasteiger partial charge is 0.281 e. The number of thiazole rings is 1. The van der Waals surface area contributed by atoms with Crippen LogP contribution in [-0.4, -0.2) is 53.4 Å². The molecule has 10 nitrogen and oxygen atoms in total. The summed E-state index contributed by atoms with van der Waals surface area (Å²) in [5.41, 5.74) is 1.02. The van der Waals surface area contributed by atoms with E-state index in [2.05, 4.69) is 9.97 Å². The zero-order chi connectivity index (χ0) is 21.2. The van der Waals surface area contributed by atoms with Gasteiger partial charge in [-0.1, -0.05) is 17.4 Å². The molecule has 0 aliphatic rings. The molecule has 0 atom stereocenters. The lowest BCUT2D eigenvalue weighted by atomic mass is 10.3. The Kier molecular flexibility index (Phi) is 5.86. The van der Waals surface area contributed by atoms with Crippen molar-refractivity contribution in [2.75, 3.05) is 24.7 Å². The Labute approximate surface area is 170 Å². The maximum Gasteiger partial charge on any atom is 0.270 e. The van der Waals surface area contributed by atoms with E-state index in [0.29, 0.717) is 21.0 Å². The fraction of sp³-hybridized carbons (Fsp3) is 0.235. The fourth-order valence-electron chi connectivity index (χ4n) is 2.44. The highest BCUT2D eigenvalue weighted by Gasteiger charge is 2.25. The molecule has 0 N–H and O–H groups in total. The van der Waals surface area contributed by atoms with E-state index in [1.165, 1.54) is 30.1 Å². The van der Waals surface area contributed by atoms with E-state index in [0.717, 1.165) is 21.9 Å². The molecule has 0 aliphatic heterocycles. The third kappa shape index (κ3) is 4.91. The Morgan fingerprint density at radius 1 is 1.28 bits per heavy atom. The average molecular weight is 435 g/mol. The number of fused-ring (bicyclic) bond motifs is 1. The van der Waals surface area contributed by atoms with Crippen molar-refractivity contribution in [3.8, 4) is 0 Å². The van der Waals surface area contributed by atoms with E-state index in [9.17, 15) is 23.3 Å². The minimum Gasteiger partial charge on any atom is -0.281 e. The Balaban J connectivity index is 1.99. The van der Waals surface area contributed by atoms with Gasteiger partial charge in [0.05, 0.1) is 40.2 Å². The number of nitrogens with zero attached hydrogens (tertiary/aromatic N) is 5. The number of sulfonamides is 1. The summed E-state index contributed by atoms with van der Waals surface area (Å²) < 4.78 is 24.9. The molecule has 0 saturated heterocycles. The highest BCUT2D eigenvalue weighted by atomic mass is 32.2. The Morgan fingerprint density at radius 2 is 2.03 bits per heavy atom. The van der Waals surface area contributed by atoms with Gasteiger partial charge in [-0.2, -0.15) is 4.31 Å². The summed E-state index contributed by atoms with van der Waals surface area (Å²) in [6.07, 6.45) is 2.60. The van der Waals surface area contributed by atoms with Crippen LogP contribution < -0.4 is 4.90 Å². The van der Waals surface area contributed by atoms with Crippen LogP contribution in [0.25, 0.3) is 10.2 Å². The molecular weight excluding hydrogens is 418 g/mol. The molecule has 0 radical (unpaired) electrons. The van der Waals surface area contributed by atoms with Gasteiger partial charge in [0.25, 0.3) is 5.69 Å². The number of hydrogen-bond donors (Lipinski definition) is 0. The van der Waals surface area contributed by atoms with Crippen molar-refractivity contribution < 1.29 is 18.1 Å². The molecular formula is C17H17N5O5S2. The number of non-ortho nitro benzene ring substituents is 1. The van der Waals surface area contributed by atoms with Gasteiger partial charge >= 0.3 is 0 Å². The van der Waals surface area contributed by atoms with Crippen molar-refractivity contribution >= 4 is 48.3 Å². The Bertz CT molecular complexity index is 1160. The Morgan fingerprint density at radius 3 is 2.66 bits per heavy atom. The van der Waals surface area contributed by atoms with Crippen molar-refractivity contribution in [1.82, 2.24) is 14.3 Å². The van der Waals surface area contributed by atoms with Crippen LogP contribution in [0.4, 0.5) is 10.8 Å². The van der Waals surface area contributed by atoms with E-state index in [-0.39, 0.29) is 18.8 Å². The second-order valence-electron chi connectivity index (χ2n) is 6.23. The topological polar surface area (TPSA) is 127 Å². The van der Waals surface area contributed by atoms with E-state index in [1.807, 2.05) is 0 Å². The summed E-state index contributed by atoms with van der Waals surface area (Å²) in [5, 5.41) is 11.3. The number of aromatic nitrogens is 2. The zero-order valence-corrected chi connectivity index (χ0v) is 17.2. The number of likely N-dealkylation sites (N-methyl/N-ethyl adjacent to an activating group) is 1. The standard InChI is InChI=1S/C17H17N5O5S2/c1-20(29(2,26)27)11-16(23)21(10-12-5-3-4-8-18-12)17-19-14-7-6-13(22(24)25)9-15(14)28-17/h3-9H,10-11H2,1-2H3. The van der Waals surface area contributed by atoms with Crippen LogP contribution >= 0.6 is 11.3 Å². The fourth-order valence-corrected chi connectivity index (χ4v) is 3.80. The summed E-state index contributed by atoms with van der Waals surface area (Å²) in [4.78, 5) is 33.4. The lowest BCUT2D eigenvalue weighted by molar-refractivity contribution is -0.384. The van der Waals surface area contributed by atoms with Gasteiger partial charge in [-0.3, -0.25) is 24.8 Å². The first-order valence-electron chi connectivity index (χ1n) is 8.32. The maximum absolute atomic E-state index is 12.9. The predicted molar refractivity (Wildman–Crippen MR) is 109 cm³/mol. The summed E-state index contributed by atoms with van der Waals surface area (Å²) in [7, 11) is -2.23. The Hall–Kier alpha value is -2.96. The van der Waals surface area contributed by atoms with Crippen LogP contribution in [0.3, 0.4) is 0 Å². The molecule has 0 aliphatic carbocycles. The molecule has 2 aromatic heterocycles. The number of rotatable bonds is 7. The lowest BCUT2D eigenvalue weighted by Gasteiger charge is -2.22. The number of amides is 1. The van der Waals surface area contributed by atoms with Crippen LogP contribution in [0.1, 0.15) is 5.69 Å². The van der Waals surface area contributed by atoms with Crippen molar-refractivity contribution in [3.63, 3.8) is 0 Å². The molecule has 0 saturated carbocycles. The van der Waals surface area contributed by atoms with Gasteiger partial charge < -0.3 is 0 Å². The number of anilines is 1. The zero-order valence-electron chi connectivity index (χ0n) is 15.5. The first kappa shape index (κ1) is 20.8. The van der Waals surface area contributed by atoms with Gasteiger partial charge in [-0.05, 0) is 18.2 Å². The van der Waals surface area contributed by atoms with E-state index in [4.69, 9.17) is 0 Å².